The van der Waals surface area contributed by atoms with Gasteiger partial charge in [-0.1, -0.05) is 43.3 Å². The summed E-state index contributed by atoms with van der Waals surface area (Å²) < 4.78 is 16.2. The molecule has 26 heavy (non-hydrogen) atoms. The average Bonchev–Trinajstić information content (AvgIpc) is 3.12. The Morgan fingerprint density at radius 2 is 1.85 bits per heavy atom. The molecule has 0 radical (unpaired) electrons. The quantitative estimate of drug-likeness (QED) is 0.578. The molecule has 0 unspecified atom stereocenters. The lowest BCUT2D eigenvalue weighted by Gasteiger charge is -2.18. The first-order valence-electron chi connectivity index (χ1n) is 8.52. The molecule has 1 N–H and O–H groups in total. The van der Waals surface area contributed by atoms with Crippen molar-refractivity contribution in [3.8, 4) is 11.5 Å². The number of hydrogen-bond acceptors (Lipinski definition) is 4. The minimum atomic E-state index is -0.475. The van der Waals surface area contributed by atoms with Crippen molar-refractivity contribution in [3.63, 3.8) is 0 Å². The maximum Gasteiger partial charge on any atom is 0.183 e. The Bertz CT molecular complexity index is 1030. The van der Waals surface area contributed by atoms with E-state index in [0.717, 1.165) is 23.3 Å². The molecule has 0 aliphatic heterocycles. The molecule has 0 aliphatic carbocycles. The van der Waals surface area contributed by atoms with Crippen LogP contribution in [-0.2, 0) is 0 Å². The molecule has 0 saturated heterocycles. The first-order chi connectivity index (χ1) is 12.8. The summed E-state index contributed by atoms with van der Waals surface area (Å²) in [5.74, 6) is 0.143. The number of anilines is 1. The molecule has 3 heterocycles. The van der Waals surface area contributed by atoms with Crippen molar-refractivity contribution >= 4 is 11.5 Å². The second kappa shape index (κ2) is 6.92. The van der Waals surface area contributed by atoms with Gasteiger partial charge in [0.15, 0.2) is 17.5 Å². The number of nitrogens with zero attached hydrogens (tertiary/aromatic N) is 4. The normalized spacial score (nSPS) is 12.2. The predicted octanol–water partition coefficient (Wildman–Crippen LogP) is 4.49. The minimum Gasteiger partial charge on any atom is -0.361 e. The summed E-state index contributed by atoms with van der Waals surface area (Å²) >= 11 is 0. The number of fused-ring (bicyclic) bond motifs is 1. The van der Waals surface area contributed by atoms with Crippen molar-refractivity contribution in [1.82, 2.24) is 19.4 Å². The second-order valence-corrected chi connectivity index (χ2v) is 5.98. The molecule has 1 atom stereocenters. The molecule has 0 saturated carbocycles. The maximum absolute atomic E-state index is 14.3. The molecule has 5 nitrogen and oxygen atoms in total. The van der Waals surface area contributed by atoms with E-state index in [2.05, 4.69) is 27.2 Å². The van der Waals surface area contributed by atoms with Gasteiger partial charge in [0.1, 0.15) is 11.3 Å². The Labute approximate surface area is 150 Å². The molecule has 130 valence electrons. The highest BCUT2D eigenvalue weighted by molar-refractivity contribution is 5.58. The van der Waals surface area contributed by atoms with Crippen LogP contribution in [0.15, 0.2) is 67.1 Å². The van der Waals surface area contributed by atoms with Crippen LogP contribution in [0.2, 0.25) is 0 Å². The third kappa shape index (κ3) is 3.01. The van der Waals surface area contributed by atoms with Gasteiger partial charge in [0.2, 0.25) is 0 Å². The smallest absolute Gasteiger partial charge is 0.183 e. The second-order valence-electron chi connectivity index (χ2n) is 5.98. The van der Waals surface area contributed by atoms with Crippen LogP contribution in [0.3, 0.4) is 0 Å². The summed E-state index contributed by atoms with van der Waals surface area (Å²) in [6, 6.07) is 15.6. The number of aromatic nitrogens is 4. The SMILES string of the molecule is CC[C@@H](Nc1nc(-c2cnc3ccccn23)ncc1F)c1ccccc1. The number of benzene rings is 1. The third-order valence-corrected chi connectivity index (χ3v) is 4.31. The first kappa shape index (κ1) is 16.2. The molecule has 3 aromatic heterocycles. The van der Waals surface area contributed by atoms with Crippen molar-refractivity contribution in [2.45, 2.75) is 19.4 Å². The molecule has 0 aliphatic rings. The fourth-order valence-electron chi connectivity index (χ4n) is 2.96. The summed E-state index contributed by atoms with van der Waals surface area (Å²) in [5, 5.41) is 3.21. The third-order valence-electron chi connectivity index (χ3n) is 4.31. The molecule has 4 aromatic rings. The van der Waals surface area contributed by atoms with Gasteiger partial charge in [-0.2, -0.15) is 0 Å². The molecule has 4 rings (SSSR count). The number of nitrogens with one attached hydrogen (secondary N) is 1. The van der Waals surface area contributed by atoms with Crippen LogP contribution in [0, 0.1) is 5.82 Å². The summed E-state index contributed by atoms with van der Waals surface area (Å²) in [5.41, 5.74) is 2.60. The number of halogens is 1. The van der Waals surface area contributed by atoms with Gasteiger partial charge in [-0.15, -0.1) is 0 Å². The van der Waals surface area contributed by atoms with E-state index in [9.17, 15) is 4.39 Å². The summed E-state index contributed by atoms with van der Waals surface area (Å²) in [6.07, 6.45) is 5.58. The topological polar surface area (TPSA) is 55.1 Å². The van der Waals surface area contributed by atoms with Gasteiger partial charge in [-0.25, -0.2) is 19.3 Å². The zero-order valence-electron chi connectivity index (χ0n) is 14.3. The number of pyridine rings is 1. The molecular weight excluding hydrogens is 329 g/mol. The Morgan fingerprint density at radius 1 is 1.04 bits per heavy atom. The van der Waals surface area contributed by atoms with Crippen LogP contribution in [0.5, 0.6) is 0 Å². The van der Waals surface area contributed by atoms with Crippen LogP contribution in [0.4, 0.5) is 10.2 Å². The number of hydrogen-bond donors (Lipinski definition) is 1. The summed E-state index contributed by atoms with van der Waals surface area (Å²) in [6.45, 7) is 2.05. The van der Waals surface area contributed by atoms with Gasteiger partial charge < -0.3 is 5.32 Å². The van der Waals surface area contributed by atoms with Gasteiger partial charge in [0.05, 0.1) is 18.4 Å². The molecule has 0 spiro atoms. The van der Waals surface area contributed by atoms with Gasteiger partial charge in [0.25, 0.3) is 0 Å². The lowest BCUT2D eigenvalue weighted by molar-refractivity contribution is 0.610. The highest BCUT2D eigenvalue weighted by Crippen LogP contribution is 2.25. The minimum absolute atomic E-state index is 0.0318. The van der Waals surface area contributed by atoms with Crippen LogP contribution >= 0.6 is 0 Å². The van der Waals surface area contributed by atoms with Crippen LogP contribution in [0.1, 0.15) is 24.9 Å². The Kier molecular flexibility index (Phi) is 4.31. The molecule has 0 fully saturated rings. The largest absolute Gasteiger partial charge is 0.361 e. The van der Waals surface area contributed by atoms with Gasteiger partial charge in [-0.3, -0.25) is 4.40 Å². The van der Waals surface area contributed by atoms with E-state index in [0.29, 0.717) is 5.82 Å². The predicted molar refractivity (Wildman–Crippen MR) is 99.3 cm³/mol. The van der Waals surface area contributed by atoms with E-state index in [4.69, 9.17) is 0 Å². The van der Waals surface area contributed by atoms with Crippen molar-refractivity contribution < 1.29 is 4.39 Å². The molecule has 6 heteroatoms. The van der Waals surface area contributed by atoms with E-state index in [1.807, 2.05) is 59.1 Å². The van der Waals surface area contributed by atoms with Crippen molar-refractivity contribution in [2.24, 2.45) is 0 Å². The zero-order valence-corrected chi connectivity index (χ0v) is 14.3. The molecule has 0 bridgehead atoms. The highest BCUT2D eigenvalue weighted by Gasteiger charge is 2.16. The fourth-order valence-corrected chi connectivity index (χ4v) is 2.96. The molecular formula is C20H18FN5. The van der Waals surface area contributed by atoms with Crippen molar-refractivity contribution in [2.75, 3.05) is 5.32 Å². The fraction of sp³-hybridized carbons (Fsp3) is 0.150. The van der Waals surface area contributed by atoms with Gasteiger partial charge in [0, 0.05) is 6.20 Å². The Morgan fingerprint density at radius 3 is 2.65 bits per heavy atom. The highest BCUT2D eigenvalue weighted by atomic mass is 19.1. The Hall–Kier alpha value is -3.28. The lowest BCUT2D eigenvalue weighted by atomic mass is 10.0. The van der Waals surface area contributed by atoms with E-state index >= 15 is 0 Å². The molecule has 0 amide bonds. The van der Waals surface area contributed by atoms with Gasteiger partial charge in [-0.05, 0) is 24.1 Å². The summed E-state index contributed by atoms with van der Waals surface area (Å²) in [4.78, 5) is 12.9. The van der Waals surface area contributed by atoms with Crippen LogP contribution in [-0.4, -0.2) is 19.4 Å². The monoisotopic (exact) mass is 347 g/mol. The summed E-state index contributed by atoms with van der Waals surface area (Å²) in [7, 11) is 0. The average molecular weight is 347 g/mol. The first-order valence-corrected chi connectivity index (χ1v) is 8.52. The lowest BCUT2D eigenvalue weighted by Crippen LogP contribution is -2.13. The number of imidazole rings is 1. The van der Waals surface area contributed by atoms with Crippen LogP contribution in [0.25, 0.3) is 17.2 Å². The van der Waals surface area contributed by atoms with E-state index < -0.39 is 5.82 Å². The molecule has 1 aromatic carbocycles. The van der Waals surface area contributed by atoms with E-state index in [-0.39, 0.29) is 11.9 Å². The van der Waals surface area contributed by atoms with Gasteiger partial charge >= 0.3 is 0 Å². The Balaban J connectivity index is 1.70. The van der Waals surface area contributed by atoms with Crippen LogP contribution < -0.4 is 5.32 Å². The standard InChI is InChI=1S/C20H18FN5/c1-2-16(14-8-4-3-5-9-14)24-19-15(21)12-23-20(25-19)17-13-22-18-10-6-7-11-26(17)18/h3-13,16H,2H2,1H3,(H,23,24,25)/t16-/m1/s1. The van der Waals surface area contributed by atoms with E-state index in [1.54, 1.807) is 6.20 Å². The number of rotatable bonds is 5. The zero-order chi connectivity index (χ0) is 17.9. The maximum atomic E-state index is 14.3. The van der Waals surface area contributed by atoms with Crippen molar-refractivity contribution in [1.29, 1.82) is 0 Å². The van der Waals surface area contributed by atoms with Crippen molar-refractivity contribution in [3.05, 3.63) is 78.5 Å². The van der Waals surface area contributed by atoms with E-state index in [1.165, 1.54) is 6.20 Å².